The van der Waals surface area contributed by atoms with E-state index in [4.69, 9.17) is 4.74 Å². The Morgan fingerprint density at radius 2 is 1.76 bits per heavy atom. The fourth-order valence-corrected chi connectivity index (χ4v) is 1.73. The van der Waals surface area contributed by atoms with Gasteiger partial charge >= 0.3 is 5.97 Å². The molecule has 0 aliphatic rings. The van der Waals surface area contributed by atoms with Crippen LogP contribution in [-0.2, 0) is 0 Å². The van der Waals surface area contributed by atoms with E-state index in [9.17, 15) is 18.0 Å². The number of ether oxygens (including phenoxy) is 2. The molecule has 0 saturated carbocycles. The molecule has 0 unspecified atom stereocenters. The van der Waals surface area contributed by atoms with E-state index >= 15 is 0 Å². The highest BCUT2D eigenvalue weighted by Gasteiger charge is 2.25. The van der Waals surface area contributed by atoms with Crippen molar-refractivity contribution in [1.82, 2.24) is 0 Å². The van der Waals surface area contributed by atoms with Crippen LogP contribution in [0.25, 0.3) is 0 Å². The lowest BCUT2D eigenvalue weighted by molar-refractivity contribution is 0.0726. The Morgan fingerprint density at radius 1 is 1.10 bits per heavy atom. The van der Waals surface area contributed by atoms with Gasteiger partial charge in [-0.05, 0) is 24.6 Å². The molecule has 0 saturated heterocycles. The lowest BCUT2D eigenvalue weighted by Gasteiger charge is -2.10. The molecule has 0 spiro atoms. The summed E-state index contributed by atoms with van der Waals surface area (Å²) in [4.78, 5) is 11.9. The quantitative estimate of drug-likeness (QED) is 0.493. The van der Waals surface area contributed by atoms with Crippen LogP contribution in [0, 0.1) is 24.4 Å². The highest BCUT2D eigenvalue weighted by molar-refractivity contribution is 5.92. The molecule has 2 aromatic carbocycles. The summed E-state index contributed by atoms with van der Waals surface area (Å²) in [7, 11) is 0.970. The average Bonchev–Trinajstić information content (AvgIpc) is 2.46. The first-order valence-electron chi connectivity index (χ1n) is 5.95. The number of aryl methyl sites for hydroxylation is 1. The number of hydrogen-bond donors (Lipinski definition) is 0. The molecule has 0 N–H and O–H groups in total. The van der Waals surface area contributed by atoms with Crippen LogP contribution in [0.2, 0.25) is 0 Å². The summed E-state index contributed by atoms with van der Waals surface area (Å²) in [5, 5.41) is 0. The van der Waals surface area contributed by atoms with Gasteiger partial charge in [0.2, 0.25) is 5.82 Å². The average molecular weight is 296 g/mol. The molecule has 0 radical (unpaired) electrons. The molecule has 2 aromatic rings. The number of rotatable bonds is 3. The third kappa shape index (κ3) is 2.84. The molecular formula is C15H11F3O3. The minimum Gasteiger partial charge on any atom is -0.491 e. The molecule has 0 atom stereocenters. The van der Waals surface area contributed by atoms with Crippen LogP contribution in [0.3, 0.4) is 0 Å². The molecule has 0 heterocycles. The smallest absolute Gasteiger partial charge is 0.346 e. The zero-order chi connectivity index (χ0) is 15.6. The summed E-state index contributed by atoms with van der Waals surface area (Å²) >= 11 is 0. The van der Waals surface area contributed by atoms with Gasteiger partial charge in [0.1, 0.15) is 11.3 Å². The number of carbonyl (C=O) groups excluding carboxylic acids is 1. The van der Waals surface area contributed by atoms with Gasteiger partial charge < -0.3 is 9.47 Å². The number of halogens is 3. The lowest BCUT2D eigenvalue weighted by atomic mass is 10.1. The molecule has 0 bridgehead atoms. The maximum atomic E-state index is 13.9. The van der Waals surface area contributed by atoms with E-state index in [-0.39, 0.29) is 5.75 Å². The van der Waals surface area contributed by atoms with Crippen molar-refractivity contribution in [3.63, 3.8) is 0 Å². The van der Waals surface area contributed by atoms with Gasteiger partial charge in [-0.25, -0.2) is 13.6 Å². The number of hydrogen-bond acceptors (Lipinski definition) is 3. The molecule has 2 rings (SSSR count). The summed E-state index contributed by atoms with van der Waals surface area (Å²) in [6.45, 7) is 1.69. The van der Waals surface area contributed by atoms with Gasteiger partial charge in [-0.2, -0.15) is 4.39 Å². The zero-order valence-electron chi connectivity index (χ0n) is 11.2. The maximum Gasteiger partial charge on any atom is 0.346 e. The zero-order valence-corrected chi connectivity index (χ0v) is 11.2. The number of esters is 1. The number of benzene rings is 2. The van der Waals surface area contributed by atoms with Crippen LogP contribution in [0.1, 0.15) is 15.9 Å². The molecular weight excluding hydrogens is 285 g/mol. The summed E-state index contributed by atoms with van der Waals surface area (Å²) in [6, 6.07) is 6.98. The minimum absolute atomic E-state index is 0.200. The van der Waals surface area contributed by atoms with E-state index in [1.165, 1.54) is 6.07 Å². The first-order valence-corrected chi connectivity index (χ1v) is 5.95. The van der Waals surface area contributed by atoms with E-state index in [0.717, 1.165) is 7.11 Å². The van der Waals surface area contributed by atoms with Crippen molar-refractivity contribution in [2.45, 2.75) is 6.92 Å². The highest BCUT2D eigenvalue weighted by Crippen LogP contribution is 2.28. The van der Waals surface area contributed by atoms with Crippen LogP contribution >= 0.6 is 0 Å². The minimum atomic E-state index is -1.50. The highest BCUT2D eigenvalue weighted by atomic mass is 19.2. The fraction of sp³-hybridized carbons (Fsp3) is 0.133. The number of methoxy groups -OCH3 is 1. The Hall–Kier alpha value is -2.50. The Morgan fingerprint density at radius 3 is 2.38 bits per heavy atom. The van der Waals surface area contributed by atoms with Gasteiger partial charge in [0.25, 0.3) is 0 Å². The van der Waals surface area contributed by atoms with Gasteiger partial charge in [-0.3, -0.25) is 0 Å². The monoisotopic (exact) mass is 296 g/mol. The maximum absolute atomic E-state index is 13.9. The SMILES string of the molecule is COc1c(F)c(F)cc(C(=O)Oc2ccccc2C)c1F. The number of carbonyl (C=O) groups is 1. The predicted molar refractivity (Wildman–Crippen MR) is 69.0 cm³/mol. The van der Waals surface area contributed by atoms with E-state index in [0.29, 0.717) is 11.6 Å². The van der Waals surface area contributed by atoms with Crippen molar-refractivity contribution in [3.05, 3.63) is 58.9 Å². The van der Waals surface area contributed by atoms with Gasteiger partial charge in [0.05, 0.1) is 7.11 Å². The molecule has 0 aromatic heterocycles. The molecule has 0 aliphatic heterocycles. The normalized spacial score (nSPS) is 10.3. The Labute approximate surface area is 118 Å². The third-order valence-electron chi connectivity index (χ3n) is 2.84. The second-order valence-electron chi connectivity index (χ2n) is 4.22. The van der Waals surface area contributed by atoms with E-state index in [1.54, 1.807) is 25.1 Å². The molecule has 0 aliphatic carbocycles. The van der Waals surface area contributed by atoms with E-state index < -0.39 is 34.7 Å². The van der Waals surface area contributed by atoms with Gasteiger partial charge in [0.15, 0.2) is 17.4 Å². The molecule has 110 valence electrons. The second-order valence-corrected chi connectivity index (χ2v) is 4.22. The predicted octanol–water partition coefficient (Wildman–Crippen LogP) is 3.64. The van der Waals surface area contributed by atoms with Gasteiger partial charge in [-0.15, -0.1) is 0 Å². The van der Waals surface area contributed by atoms with Gasteiger partial charge in [-0.1, -0.05) is 18.2 Å². The summed E-state index contributed by atoms with van der Waals surface area (Å²) in [5.41, 5.74) is -0.102. The molecule has 0 fully saturated rings. The Balaban J connectivity index is 2.41. The van der Waals surface area contributed by atoms with E-state index in [2.05, 4.69) is 4.74 Å². The Bertz CT molecular complexity index is 699. The van der Waals surface area contributed by atoms with Crippen molar-refractivity contribution in [1.29, 1.82) is 0 Å². The standard InChI is InChI=1S/C15H11F3O3/c1-8-5-3-4-6-11(8)21-15(19)9-7-10(16)13(18)14(20-2)12(9)17/h3-7H,1-2H3. The number of para-hydroxylation sites is 1. The van der Waals surface area contributed by atoms with Crippen LogP contribution in [0.15, 0.2) is 30.3 Å². The molecule has 3 nitrogen and oxygen atoms in total. The molecule has 6 heteroatoms. The van der Waals surface area contributed by atoms with Crippen LogP contribution in [-0.4, -0.2) is 13.1 Å². The first kappa shape index (κ1) is 14.9. The summed E-state index contributed by atoms with van der Waals surface area (Å²) in [5.74, 6) is -6.11. The molecule has 21 heavy (non-hydrogen) atoms. The molecule has 0 amide bonds. The van der Waals surface area contributed by atoms with Crippen molar-refractivity contribution < 1.29 is 27.4 Å². The van der Waals surface area contributed by atoms with Crippen molar-refractivity contribution >= 4 is 5.97 Å². The van der Waals surface area contributed by atoms with Crippen molar-refractivity contribution in [2.24, 2.45) is 0 Å². The topological polar surface area (TPSA) is 35.5 Å². The van der Waals surface area contributed by atoms with Gasteiger partial charge in [0, 0.05) is 0 Å². The van der Waals surface area contributed by atoms with Crippen LogP contribution < -0.4 is 9.47 Å². The van der Waals surface area contributed by atoms with Crippen molar-refractivity contribution in [2.75, 3.05) is 7.11 Å². The van der Waals surface area contributed by atoms with E-state index in [1.807, 2.05) is 0 Å². The summed E-state index contributed by atoms with van der Waals surface area (Å²) < 4.78 is 50.0. The summed E-state index contributed by atoms with van der Waals surface area (Å²) in [6.07, 6.45) is 0. The fourth-order valence-electron chi connectivity index (χ4n) is 1.73. The Kier molecular flexibility index (Phi) is 4.16. The van der Waals surface area contributed by atoms with Crippen LogP contribution in [0.4, 0.5) is 13.2 Å². The first-order chi connectivity index (χ1) is 9.95. The lowest BCUT2D eigenvalue weighted by Crippen LogP contribution is -2.13. The van der Waals surface area contributed by atoms with Crippen molar-refractivity contribution in [3.8, 4) is 11.5 Å². The van der Waals surface area contributed by atoms with Crippen LogP contribution in [0.5, 0.6) is 11.5 Å². The largest absolute Gasteiger partial charge is 0.491 e. The second kappa shape index (κ2) is 5.87. The third-order valence-corrected chi connectivity index (χ3v) is 2.84.